The van der Waals surface area contributed by atoms with Crippen molar-refractivity contribution in [1.29, 1.82) is 5.26 Å². The van der Waals surface area contributed by atoms with Gasteiger partial charge in [-0.15, -0.1) is 11.3 Å². The van der Waals surface area contributed by atoms with E-state index < -0.39 is 103 Å². The van der Waals surface area contributed by atoms with E-state index in [1.165, 1.54) is 9.80 Å². The molecule has 310 valence electrons. The first-order chi connectivity index (χ1) is 27.5. The highest BCUT2D eigenvalue weighted by atomic mass is 32.1. The molecule has 2 aromatic heterocycles. The zero-order chi connectivity index (χ0) is 41.3. The molecule has 58 heavy (non-hydrogen) atoms. The highest BCUT2D eigenvalue weighted by molar-refractivity contribution is 7.23. The Hall–Kier alpha value is -4.74. The molecule has 11 nitrogen and oxygen atoms in total. The number of nitrogens with two attached hydrogens (primary N) is 1. The molecule has 4 aliphatic rings. The number of fused-ring (bicyclic) bond motifs is 3. The third kappa shape index (κ3) is 6.97. The lowest BCUT2D eigenvalue weighted by molar-refractivity contribution is -0.141. The first-order valence-electron chi connectivity index (χ1n) is 18.8. The Morgan fingerprint density at radius 1 is 1.16 bits per heavy atom. The highest BCUT2D eigenvalue weighted by Crippen LogP contribution is 2.52. The Balaban J connectivity index is 1.34. The number of likely N-dealkylation sites (N-methyl/N-ethyl adjacent to an activating group) is 1. The van der Waals surface area contributed by atoms with Gasteiger partial charge in [0.25, 0.3) is 0 Å². The van der Waals surface area contributed by atoms with Crippen LogP contribution in [0.25, 0.3) is 32.1 Å². The Morgan fingerprint density at radius 3 is 2.64 bits per heavy atom. The van der Waals surface area contributed by atoms with Crippen molar-refractivity contribution in [2.24, 2.45) is 0 Å². The van der Waals surface area contributed by atoms with Gasteiger partial charge in [0.15, 0.2) is 0 Å². The van der Waals surface area contributed by atoms with E-state index in [2.05, 4.69) is 9.97 Å². The number of anilines is 2. The fourth-order valence-electron chi connectivity index (χ4n) is 9.02. The predicted octanol–water partition coefficient (Wildman–Crippen LogP) is 7.92. The number of amides is 1. The maximum atomic E-state index is 15.7. The molecule has 1 amide bonds. The van der Waals surface area contributed by atoms with Crippen molar-refractivity contribution in [3.8, 4) is 23.2 Å². The summed E-state index contributed by atoms with van der Waals surface area (Å²) in [6, 6.07) is 2.50. The van der Waals surface area contributed by atoms with Crippen LogP contribution in [0, 0.1) is 17.1 Å². The van der Waals surface area contributed by atoms with Crippen LogP contribution in [0.2, 0.25) is 0 Å². The molecule has 2 aromatic carbocycles. The van der Waals surface area contributed by atoms with Gasteiger partial charge in [-0.1, -0.05) is 6.07 Å². The maximum absolute atomic E-state index is 15.7. The van der Waals surface area contributed by atoms with Gasteiger partial charge in [-0.3, -0.25) is 4.90 Å². The third-order valence-electron chi connectivity index (χ3n) is 11.6. The van der Waals surface area contributed by atoms with Gasteiger partial charge in [-0.05, 0) is 50.4 Å². The van der Waals surface area contributed by atoms with Crippen molar-refractivity contribution in [3.05, 3.63) is 40.7 Å². The monoisotopic (exact) mass is 839 g/mol. The molecule has 2 N–H and O–H groups in total. The van der Waals surface area contributed by atoms with E-state index in [0.717, 1.165) is 18.6 Å². The number of ether oxygens (including phenoxy) is 3. The molecule has 20 heteroatoms. The number of benzene rings is 2. The van der Waals surface area contributed by atoms with Crippen LogP contribution in [0.15, 0.2) is 18.2 Å². The number of likely N-dealkylation sites (tertiary alicyclic amines) is 1. The van der Waals surface area contributed by atoms with Crippen molar-refractivity contribution in [3.63, 3.8) is 0 Å². The van der Waals surface area contributed by atoms with Crippen molar-refractivity contribution in [1.82, 2.24) is 19.8 Å². The number of halogens is 8. The minimum atomic E-state index is -5.53. The number of carbonyl (C=O) groups excluding carboxylic acids is 1. The molecule has 6 heterocycles. The number of alkyl halides is 7. The van der Waals surface area contributed by atoms with E-state index >= 15 is 30.7 Å². The Labute approximate surface area is 330 Å². The molecule has 0 aliphatic carbocycles. The highest BCUT2D eigenvalue weighted by Gasteiger charge is 2.50. The lowest BCUT2D eigenvalue weighted by Gasteiger charge is -2.32. The molecule has 0 bridgehead atoms. The number of nitriles is 1. The summed E-state index contributed by atoms with van der Waals surface area (Å²) in [5.41, 5.74) is -1.93. The van der Waals surface area contributed by atoms with Gasteiger partial charge in [0.2, 0.25) is 0 Å². The van der Waals surface area contributed by atoms with Crippen molar-refractivity contribution >= 4 is 49.2 Å². The van der Waals surface area contributed by atoms with Crippen molar-refractivity contribution < 1.29 is 54.1 Å². The second-order valence-electron chi connectivity index (χ2n) is 15.1. The summed E-state index contributed by atoms with van der Waals surface area (Å²) in [6.07, 6.45) is -11.1. The standard InChI is InChI=1S/C38H37F8N7O4S/c1-2-53(20-6-10-51(16-20)35(54)57-21-7-11-55-17-21)33-23-12-25(37(41,42)43)28(22-4-5-26(40)31-27(22)24(14-47)32(48)58-31)29(38(44,45)46)30(23)49-34(50-33)56-18-36-8-3-9-52(36)15-19(39)13-36/h4-5,12,19-21H,2-3,6-11,13,15-18,48H2,1H3/t19-,20+,21-,36+/m1/s1. The first kappa shape index (κ1) is 40.1. The lowest BCUT2D eigenvalue weighted by Crippen LogP contribution is -2.43. The average Bonchev–Trinajstić information content (AvgIpc) is 4.00. The predicted molar refractivity (Wildman–Crippen MR) is 197 cm³/mol. The van der Waals surface area contributed by atoms with Crippen LogP contribution in [0.3, 0.4) is 0 Å². The number of hydrogen-bond donors (Lipinski definition) is 1. The summed E-state index contributed by atoms with van der Waals surface area (Å²) >= 11 is 0.523. The Morgan fingerprint density at radius 2 is 1.95 bits per heavy atom. The molecule has 0 spiro atoms. The summed E-state index contributed by atoms with van der Waals surface area (Å²) < 4.78 is 140. The molecule has 4 atom stereocenters. The van der Waals surface area contributed by atoms with Crippen molar-refractivity contribution in [2.75, 3.05) is 63.2 Å². The number of hydrogen-bond acceptors (Lipinski definition) is 11. The molecule has 4 aromatic rings. The van der Waals surface area contributed by atoms with Gasteiger partial charge in [0.1, 0.15) is 41.6 Å². The Kier molecular flexibility index (Phi) is 10.2. The summed E-state index contributed by atoms with van der Waals surface area (Å²) in [6.45, 7) is 3.05. The molecular weight excluding hydrogens is 803 g/mol. The maximum Gasteiger partial charge on any atom is 0.419 e. The van der Waals surface area contributed by atoms with Crippen LogP contribution < -0.4 is 15.4 Å². The van der Waals surface area contributed by atoms with Crippen LogP contribution in [0.5, 0.6) is 6.01 Å². The number of aromatic nitrogens is 2. The SMILES string of the molecule is CCN(c1nc(OC[C@@]23CCCN2C[C@H](F)C3)nc2c(C(F)(F)F)c(-c3ccc(F)c4sc(N)c(C#N)c34)c(C(F)(F)F)cc12)[C@H]1CCN(C(=O)O[C@@H]2CCOC2)C1. The number of thiophene rings is 1. The first-order valence-corrected chi connectivity index (χ1v) is 19.6. The minimum absolute atomic E-state index is 0.0122. The van der Waals surface area contributed by atoms with Crippen LogP contribution >= 0.6 is 11.3 Å². The summed E-state index contributed by atoms with van der Waals surface area (Å²) in [4.78, 5) is 26.6. The number of carbonyl (C=O) groups is 1. The fourth-order valence-corrected chi connectivity index (χ4v) is 9.96. The van der Waals surface area contributed by atoms with E-state index in [9.17, 15) is 14.4 Å². The van der Waals surface area contributed by atoms with Crippen LogP contribution in [-0.4, -0.2) is 102 Å². The van der Waals surface area contributed by atoms with Gasteiger partial charge in [-0.25, -0.2) is 13.6 Å². The molecular formula is C38H37F8N7O4S. The molecule has 0 unspecified atom stereocenters. The quantitative estimate of drug-likeness (QED) is 0.175. The topological polar surface area (TPSA) is 130 Å². The van der Waals surface area contributed by atoms with E-state index in [1.54, 1.807) is 13.0 Å². The number of nitrogen functional groups attached to an aromatic ring is 1. The smallest absolute Gasteiger partial charge is 0.419 e. The molecule has 4 aliphatic heterocycles. The number of nitrogens with zero attached hydrogens (tertiary/aromatic N) is 6. The van der Waals surface area contributed by atoms with Gasteiger partial charge < -0.3 is 29.7 Å². The molecule has 0 saturated carbocycles. The van der Waals surface area contributed by atoms with Crippen LogP contribution in [0.1, 0.15) is 55.7 Å². The zero-order valence-electron chi connectivity index (χ0n) is 31.0. The summed E-state index contributed by atoms with van der Waals surface area (Å²) in [7, 11) is 0. The molecule has 4 fully saturated rings. The third-order valence-corrected chi connectivity index (χ3v) is 12.6. The van der Waals surface area contributed by atoms with E-state index in [0.29, 0.717) is 43.4 Å². The fraction of sp³-hybridized carbons (Fsp3) is 0.526. The number of rotatable bonds is 8. The normalized spacial score (nSPS) is 23.9. The molecule has 0 radical (unpaired) electrons. The van der Waals surface area contributed by atoms with E-state index in [1.807, 2.05) is 4.90 Å². The van der Waals surface area contributed by atoms with Crippen LogP contribution in [-0.2, 0) is 21.8 Å². The minimum Gasteiger partial charge on any atom is -0.461 e. The second kappa shape index (κ2) is 14.8. The zero-order valence-corrected chi connectivity index (χ0v) is 31.8. The van der Waals surface area contributed by atoms with Crippen LogP contribution in [0.4, 0.5) is 50.7 Å². The molecule has 4 saturated heterocycles. The van der Waals surface area contributed by atoms with Gasteiger partial charge in [0.05, 0.1) is 45.7 Å². The van der Waals surface area contributed by atoms with E-state index in [-0.39, 0.29) is 63.1 Å². The average molecular weight is 840 g/mol. The van der Waals surface area contributed by atoms with Gasteiger partial charge in [-0.2, -0.15) is 41.6 Å². The second-order valence-corrected chi connectivity index (χ2v) is 16.1. The van der Waals surface area contributed by atoms with Gasteiger partial charge >= 0.3 is 24.5 Å². The summed E-state index contributed by atoms with van der Waals surface area (Å²) in [5.74, 6) is -1.31. The van der Waals surface area contributed by atoms with Crippen molar-refractivity contribution in [2.45, 2.75) is 75.2 Å². The van der Waals surface area contributed by atoms with Gasteiger partial charge in [0, 0.05) is 61.4 Å². The summed E-state index contributed by atoms with van der Waals surface area (Å²) in [5, 5.41) is 8.50. The molecule has 8 rings (SSSR count). The van der Waals surface area contributed by atoms with E-state index in [4.69, 9.17) is 19.9 Å². The Bertz CT molecular complexity index is 2310. The largest absolute Gasteiger partial charge is 0.461 e. The lowest BCUT2D eigenvalue weighted by atomic mass is 9.88.